The molecule has 1 saturated heterocycles. The zero-order chi connectivity index (χ0) is 14.3. The maximum atomic E-state index is 6.29. The summed E-state index contributed by atoms with van der Waals surface area (Å²) in [7, 11) is 0. The van der Waals surface area contributed by atoms with Gasteiger partial charge in [0, 0.05) is 12.0 Å². The van der Waals surface area contributed by atoms with Crippen molar-refractivity contribution in [1.82, 2.24) is 9.97 Å². The number of hydrogen-bond donors (Lipinski definition) is 0. The Morgan fingerprint density at radius 1 is 1.26 bits per heavy atom. The van der Waals surface area contributed by atoms with Crippen molar-refractivity contribution in [2.24, 2.45) is 0 Å². The lowest BCUT2D eigenvalue weighted by Crippen LogP contribution is -2.33. The van der Waals surface area contributed by atoms with Crippen LogP contribution in [0.5, 0.6) is 0 Å². The Morgan fingerprint density at radius 2 is 1.95 bits per heavy atom. The van der Waals surface area contributed by atoms with Gasteiger partial charge in [-0.15, -0.1) is 0 Å². The van der Waals surface area contributed by atoms with Gasteiger partial charge in [-0.25, -0.2) is 9.97 Å². The van der Waals surface area contributed by atoms with Gasteiger partial charge < -0.3 is 4.74 Å². The number of aromatic nitrogens is 2. The Bertz CT molecular complexity index is 479. The lowest BCUT2D eigenvalue weighted by atomic mass is 9.90. The predicted octanol–water partition coefficient (Wildman–Crippen LogP) is 4.45. The van der Waals surface area contributed by atoms with Crippen LogP contribution in [-0.2, 0) is 15.8 Å². The van der Waals surface area contributed by atoms with E-state index in [9.17, 15) is 0 Å². The van der Waals surface area contributed by atoms with Crippen LogP contribution in [0.2, 0.25) is 5.15 Å². The average molecular weight is 395 g/mol. The molecule has 0 bridgehead atoms. The van der Waals surface area contributed by atoms with Crippen LogP contribution >= 0.6 is 34.2 Å². The fraction of sp³-hybridized carbons (Fsp3) is 0.714. The Kier molecular flexibility index (Phi) is 4.43. The van der Waals surface area contributed by atoms with E-state index < -0.39 is 5.60 Å². The monoisotopic (exact) mass is 394 g/mol. The van der Waals surface area contributed by atoms with Gasteiger partial charge in [0.1, 0.15) is 10.8 Å². The average Bonchev–Trinajstić information content (AvgIpc) is 2.31. The van der Waals surface area contributed by atoms with Crippen molar-refractivity contribution in [3.05, 3.63) is 20.2 Å². The molecule has 0 N–H and O–H groups in total. The molecule has 1 unspecified atom stereocenters. The normalized spacial score (nSPS) is 24.5. The summed E-state index contributed by atoms with van der Waals surface area (Å²) in [6.07, 6.45) is 3.21. The van der Waals surface area contributed by atoms with Crippen LogP contribution in [0.4, 0.5) is 0 Å². The van der Waals surface area contributed by atoms with Gasteiger partial charge in [-0.1, -0.05) is 32.4 Å². The fourth-order valence-electron chi connectivity index (χ4n) is 2.26. The van der Waals surface area contributed by atoms with Crippen molar-refractivity contribution in [2.75, 3.05) is 6.61 Å². The van der Waals surface area contributed by atoms with Crippen molar-refractivity contribution in [2.45, 2.75) is 58.0 Å². The van der Waals surface area contributed by atoms with E-state index >= 15 is 0 Å². The molecule has 0 spiro atoms. The largest absolute Gasteiger partial charge is 0.367 e. The van der Waals surface area contributed by atoms with E-state index in [0.29, 0.717) is 5.15 Å². The molecule has 1 aromatic rings. The highest BCUT2D eigenvalue weighted by Gasteiger charge is 2.35. The van der Waals surface area contributed by atoms with Gasteiger partial charge in [0.2, 0.25) is 0 Å². The van der Waals surface area contributed by atoms with E-state index in [1.54, 1.807) is 0 Å². The number of rotatable bonds is 1. The summed E-state index contributed by atoms with van der Waals surface area (Å²) in [6, 6.07) is 0. The second kappa shape index (κ2) is 5.45. The maximum Gasteiger partial charge on any atom is 0.162 e. The van der Waals surface area contributed by atoms with Gasteiger partial charge in [0.05, 0.1) is 9.26 Å². The van der Waals surface area contributed by atoms with E-state index in [-0.39, 0.29) is 5.41 Å². The molecular formula is C14H20ClIN2O. The van der Waals surface area contributed by atoms with Crippen LogP contribution in [0.3, 0.4) is 0 Å². The standard InChI is InChI=1S/C14H20ClIN2O/c1-13(2,3)10-9(16)11(15)18-12(17-10)14(4)7-5-6-8-19-14/h5-8H2,1-4H3. The second-order valence-corrected chi connectivity index (χ2v) is 7.72. The highest BCUT2D eigenvalue weighted by molar-refractivity contribution is 14.1. The SMILES string of the molecule is CC(C)(C)c1nc(C2(C)CCCCO2)nc(Cl)c1I. The topological polar surface area (TPSA) is 35.0 Å². The first-order valence-corrected chi connectivity index (χ1v) is 8.08. The molecule has 19 heavy (non-hydrogen) atoms. The minimum atomic E-state index is -0.397. The Morgan fingerprint density at radius 3 is 2.47 bits per heavy atom. The van der Waals surface area contributed by atoms with Crippen LogP contribution in [-0.4, -0.2) is 16.6 Å². The third-order valence-electron chi connectivity index (χ3n) is 3.46. The summed E-state index contributed by atoms with van der Waals surface area (Å²) < 4.78 is 6.87. The van der Waals surface area contributed by atoms with Gasteiger partial charge in [0.15, 0.2) is 5.82 Å². The molecule has 1 aromatic heterocycles. The van der Waals surface area contributed by atoms with E-state index in [2.05, 4.69) is 55.3 Å². The number of hydrogen-bond acceptors (Lipinski definition) is 3. The lowest BCUT2D eigenvalue weighted by Gasteiger charge is -2.33. The van der Waals surface area contributed by atoms with Gasteiger partial charge in [0.25, 0.3) is 0 Å². The van der Waals surface area contributed by atoms with Crippen molar-refractivity contribution < 1.29 is 4.74 Å². The third kappa shape index (κ3) is 3.22. The fourth-order valence-corrected chi connectivity index (χ4v) is 3.48. The van der Waals surface area contributed by atoms with Crippen LogP contribution in [0.15, 0.2) is 0 Å². The first kappa shape index (κ1) is 15.4. The van der Waals surface area contributed by atoms with E-state index in [0.717, 1.165) is 41.0 Å². The van der Waals surface area contributed by atoms with Crippen molar-refractivity contribution in [1.29, 1.82) is 0 Å². The molecule has 0 aliphatic carbocycles. The molecule has 1 aliphatic heterocycles. The number of nitrogens with zero attached hydrogens (tertiary/aromatic N) is 2. The summed E-state index contributed by atoms with van der Waals surface area (Å²) >= 11 is 8.52. The summed E-state index contributed by atoms with van der Waals surface area (Å²) in [4.78, 5) is 9.24. The van der Waals surface area contributed by atoms with Gasteiger partial charge in [-0.3, -0.25) is 0 Å². The van der Waals surface area contributed by atoms with Gasteiger partial charge in [-0.05, 0) is 48.8 Å². The highest BCUT2D eigenvalue weighted by atomic mass is 127. The number of ether oxygens (including phenoxy) is 1. The van der Waals surface area contributed by atoms with E-state index in [1.165, 1.54) is 0 Å². The Labute approximate surface area is 133 Å². The minimum Gasteiger partial charge on any atom is -0.367 e. The van der Waals surface area contributed by atoms with Crippen LogP contribution < -0.4 is 0 Å². The predicted molar refractivity (Wildman–Crippen MR) is 85.6 cm³/mol. The van der Waals surface area contributed by atoms with Crippen LogP contribution in [0.1, 0.15) is 58.5 Å². The van der Waals surface area contributed by atoms with Crippen molar-refractivity contribution >= 4 is 34.2 Å². The lowest BCUT2D eigenvalue weighted by molar-refractivity contribution is -0.0762. The molecule has 0 amide bonds. The van der Waals surface area contributed by atoms with Crippen molar-refractivity contribution in [3.63, 3.8) is 0 Å². The molecule has 2 heterocycles. The molecule has 2 rings (SSSR count). The van der Waals surface area contributed by atoms with E-state index in [4.69, 9.17) is 21.3 Å². The van der Waals surface area contributed by atoms with E-state index in [1.807, 2.05) is 0 Å². The maximum absolute atomic E-state index is 6.29. The zero-order valence-electron chi connectivity index (χ0n) is 11.9. The highest BCUT2D eigenvalue weighted by Crippen LogP contribution is 2.36. The minimum absolute atomic E-state index is 0.0527. The third-order valence-corrected chi connectivity index (χ3v) is 5.08. The molecular weight excluding hydrogens is 375 g/mol. The first-order valence-electron chi connectivity index (χ1n) is 6.62. The molecule has 1 fully saturated rings. The second-order valence-electron chi connectivity index (χ2n) is 6.29. The molecule has 0 saturated carbocycles. The Hall–Kier alpha value is 0.0600. The molecule has 3 nitrogen and oxygen atoms in total. The molecule has 0 radical (unpaired) electrons. The Balaban J connectivity index is 2.50. The smallest absolute Gasteiger partial charge is 0.162 e. The zero-order valence-corrected chi connectivity index (χ0v) is 14.8. The summed E-state index contributed by atoms with van der Waals surface area (Å²) in [6.45, 7) is 9.26. The first-order chi connectivity index (χ1) is 8.74. The van der Waals surface area contributed by atoms with Gasteiger partial charge >= 0.3 is 0 Å². The van der Waals surface area contributed by atoms with Gasteiger partial charge in [-0.2, -0.15) is 0 Å². The summed E-state index contributed by atoms with van der Waals surface area (Å²) in [5, 5.41) is 0.533. The van der Waals surface area contributed by atoms with Crippen LogP contribution in [0.25, 0.3) is 0 Å². The summed E-state index contributed by atoms with van der Waals surface area (Å²) in [5.74, 6) is 0.725. The van der Waals surface area contributed by atoms with Crippen molar-refractivity contribution in [3.8, 4) is 0 Å². The molecule has 1 aliphatic rings. The molecule has 106 valence electrons. The van der Waals surface area contributed by atoms with Crippen LogP contribution in [0, 0.1) is 3.57 Å². The molecule has 5 heteroatoms. The molecule has 1 atom stereocenters. The summed E-state index contributed by atoms with van der Waals surface area (Å²) in [5.41, 5.74) is 0.549. The quantitative estimate of drug-likeness (QED) is 0.521. The number of halogens is 2. The molecule has 0 aromatic carbocycles.